The van der Waals surface area contributed by atoms with Crippen LogP contribution in [-0.2, 0) is 16.1 Å². The molecule has 2 aromatic rings. The van der Waals surface area contributed by atoms with Gasteiger partial charge in [0.1, 0.15) is 6.04 Å². The number of benzene rings is 2. The van der Waals surface area contributed by atoms with E-state index in [2.05, 4.69) is 5.32 Å². The van der Waals surface area contributed by atoms with E-state index in [4.69, 9.17) is 11.6 Å². The van der Waals surface area contributed by atoms with E-state index in [0.717, 1.165) is 36.1 Å². The molecule has 0 aliphatic heterocycles. The Bertz CT molecular complexity index is 823. The molecule has 30 heavy (non-hydrogen) atoms. The first-order valence-electron chi connectivity index (χ1n) is 10.6. The number of halogens is 1. The van der Waals surface area contributed by atoms with Crippen LogP contribution in [0.3, 0.4) is 0 Å². The summed E-state index contributed by atoms with van der Waals surface area (Å²) in [6.45, 7) is 2.40. The van der Waals surface area contributed by atoms with Crippen molar-refractivity contribution >= 4 is 35.2 Å². The number of amides is 2. The predicted molar refractivity (Wildman–Crippen MR) is 124 cm³/mol. The predicted octanol–water partition coefficient (Wildman–Crippen LogP) is 5.30. The highest BCUT2D eigenvalue weighted by atomic mass is 35.5. The summed E-state index contributed by atoms with van der Waals surface area (Å²) in [6.07, 6.45) is 4.96. The van der Waals surface area contributed by atoms with E-state index < -0.39 is 6.04 Å². The summed E-state index contributed by atoms with van der Waals surface area (Å²) in [7, 11) is 0. The molecule has 160 valence electrons. The fraction of sp³-hybridized carbons (Fsp3) is 0.417. The lowest BCUT2D eigenvalue weighted by Crippen LogP contribution is -2.51. The zero-order valence-electron chi connectivity index (χ0n) is 17.4. The van der Waals surface area contributed by atoms with Gasteiger partial charge in [0.15, 0.2) is 0 Å². The quantitative estimate of drug-likeness (QED) is 0.534. The summed E-state index contributed by atoms with van der Waals surface area (Å²) in [5.41, 5.74) is 1.02. The topological polar surface area (TPSA) is 49.4 Å². The highest BCUT2D eigenvalue weighted by Gasteiger charge is 2.30. The van der Waals surface area contributed by atoms with Crippen molar-refractivity contribution in [3.8, 4) is 0 Å². The van der Waals surface area contributed by atoms with Crippen molar-refractivity contribution in [2.45, 2.75) is 62.6 Å². The first-order valence-corrected chi connectivity index (χ1v) is 11.9. The van der Waals surface area contributed by atoms with Gasteiger partial charge in [0, 0.05) is 22.5 Å². The van der Waals surface area contributed by atoms with E-state index in [-0.39, 0.29) is 23.6 Å². The third-order valence-corrected chi connectivity index (χ3v) is 6.71. The molecule has 0 aromatic heterocycles. The first kappa shape index (κ1) is 22.7. The molecule has 4 nitrogen and oxygen atoms in total. The van der Waals surface area contributed by atoms with E-state index in [1.54, 1.807) is 4.90 Å². The van der Waals surface area contributed by atoms with E-state index in [0.29, 0.717) is 18.0 Å². The molecule has 2 aromatic carbocycles. The number of nitrogens with zero attached hydrogens (tertiary/aromatic N) is 1. The fourth-order valence-corrected chi connectivity index (χ4v) is 4.74. The van der Waals surface area contributed by atoms with E-state index in [9.17, 15) is 9.59 Å². The van der Waals surface area contributed by atoms with Gasteiger partial charge in [-0.1, -0.05) is 61.7 Å². The molecule has 1 atom stereocenters. The molecule has 0 spiro atoms. The van der Waals surface area contributed by atoms with Crippen LogP contribution in [0.5, 0.6) is 0 Å². The Kier molecular flexibility index (Phi) is 8.64. The number of carbonyl (C=O) groups excluding carboxylic acids is 2. The van der Waals surface area contributed by atoms with Crippen molar-refractivity contribution in [3.63, 3.8) is 0 Å². The van der Waals surface area contributed by atoms with Crippen LogP contribution in [0.25, 0.3) is 0 Å². The molecule has 0 bridgehead atoms. The van der Waals surface area contributed by atoms with Crippen LogP contribution in [0.15, 0.2) is 59.5 Å². The second-order valence-electron chi connectivity index (χ2n) is 7.66. The number of carbonyl (C=O) groups is 2. The first-order chi connectivity index (χ1) is 14.6. The summed E-state index contributed by atoms with van der Waals surface area (Å²) in [4.78, 5) is 29.0. The summed E-state index contributed by atoms with van der Waals surface area (Å²) >= 11 is 7.42. The average Bonchev–Trinajstić information content (AvgIpc) is 3.26. The van der Waals surface area contributed by atoms with Crippen molar-refractivity contribution in [1.82, 2.24) is 10.2 Å². The normalized spacial score (nSPS) is 15.0. The van der Waals surface area contributed by atoms with Crippen LogP contribution in [0.4, 0.5) is 0 Å². The molecule has 6 heteroatoms. The lowest BCUT2D eigenvalue weighted by Gasteiger charge is -2.31. The Morgan fingerprint density at radius 2 is 1.77 bits per heavy atom. The lowest BCUT2D eigenvalue weighted by atomic mass is 10.1. The molecule has 1 N–H and O–H groups in total. The molecular formula is C24H29ClN2O2S. The minimum atomic E-state index is -0.468. The zero-order valence-corrected chi connectivity index (χ0v) is 18.9. The Morgan fingerprint density at radius 1 is 1.10 bits per heavy atom. The Hall–Kier alpha value is -1.98. The van der Waals surface area contributed by atoms with Crippen LogP contribution in [-0.4, -0.2) is 34.6 Å². The number of hydrogen-bond donors (Lipinski definition) is 1. The van der Waals surface area contributed by atoms with E-state index in [1.165, 1.54) is 11.8 Å². The fourth-order valence-electron chi connectivity index (χ4n) is 3.83. The molecule has 0 unspecified atom stereocenters. The average molecular weight is 445 g/mol. The van der Waals surface area contributed by atoms with Crippen molar-refractivity contribution < 1.29 is 9.59 Å². The van der Waals surface area contributed by atoms with E-state index in [1.807, 2.05) is 61.5 Å². The van der Waals surface area contributed by atoms with Crippen molar-refractivity contribution in [3.05, 3.63) is 65.2 Å². The molecule has 1 saturated carbocycles. The van der Waals surface area contributed by atoms with Crippen LogP contribution in [0.1, 0.15) is 44.6 Å². The highest BCUT2D eigenvalue weighted by molar-refractivity contribution is 8.00. The smallest absolute Gasteiger partial charge is 0.243 e. The molecule has 2 amide bonds. The standard InChI is InChI=1S/C24H29ClN2O2S/c1-2-22(24(29)26-20-10-6-7-11-20)27(16-18-8-4-3-5-9-18)23(28)17-30-21-14-12-19(25)13-15-21/h3-5,8-9,12-15,20,22H,2,6-7,10-11,16-17H2,1H3,(H,26,29)/t22-/m0/s1. The van der Waals surface area contributed by atoms with Gasteiger partial charge in [0.2, 0.25) is 11.8 Å². The van der Waals surface area contributed by atoms with Gasteiger partial charge in [0.25, 0.3) is 0 Å². The van der Waals surface area contributed by atoms with Gasteiger partial charge in [-0.15, -0.1) is 11.8 Å². The second-order valence-corrected chi connectivity index (χ2v) is 9.15. The van der Waals surface area contributed by atoms with Crippen LogP contribution >= 0.6 is 23.4 Å². The number of nitrogens with one attached hydrogen (secondary N) is 1. The maximum Gasteiger partial charge on any atom is 0.243 e. The maximum atomic E-state index is 13.2. The van der Waals surface area contributed by atoms with Crippen molar-refractivity contribution in [2.24, 2.45) is 0 Å². The van der Waals surface area contributed by atoms with Crippen molar-refractivity contribution in [2.75, 3.05) is 5.75 Å². The van der Waals surface area contributed by atoms with Gasteiger partial charge < -0.3 is 10.2 Å². The van der Waals surface area contributed by atoms with Gasteiger partial charge in [-0.25, -0.2) is 0 Å². The second kappa shape index (κ2) is 11.4. The summed E-state index contributed by atoms with van der Waals surface area (Å²) in [5, 5.41) is 3.85. The van der Waals surface area contributed by atoms with Gasteiger partial charge in [-0.2, -0.15) is 0 Å². The summed E-state index contributed by atoms with van der Waals surface area (Å²) < 4.78 is 0. The summed E-state index contributed by atoms with van der Waals surface area (Å²) in [6, 6.07) is 17.1. The number of hydrogen-bond acceptors (Lipinski definition) is 3. The molecule has 0 heterocycles. The number of thioether (sulfide) groups is 1. The van der Waals surface area contributed by atoms with Gasteiger partial charge in [-0.05, 0) is 49.1 Å². The SMILES string of the molecule is CC[C@@H](C(=O)NC1CCCC1)N(Cc1ccccc1)C(=O)CSc1ccc(Cl)cc1. The van der Waals surface area contributed by atoms with Gasteiger partial charge in [-0.3, -0.25) is 9.59 Å². The molecule has 0 radical (unpaired) electrons. The molecule has 1 aliphatic rings. The zero-order chi connectivity index (χ0) is 21.3. The molecule has 1 fully saturated rings. The van der Waals surface area contributed by atoms with Crippen molar-refractivity contribution in [1.29, 1.82) is 0 Å². The third kappa shape index (κ3) is 6.51. The largest absolute Gasteiger partial charge is 0.352 e. The minimum absolute atomic E-state index is 0.0350. The molecular weight excluding hydrogens is 416 g/mol. The Balaban J connectivity index is 1.72. The lowest BCUT2D eigenvalue weighted by molar-refractivity contribution is -0.139. The van der Waals surface area contributed by atoms with E-state index >= 15 is 0 Å². The van der Waals surface area contributed by atoms with Gasteiger partial charge >= 0.3 is 0 Å². The van der Waals surface area contributed by atoms with Crippen LogP contribution < -0.4 is 5.32 Å². The summed E-state index contributed by atoms with van der Waals surface area (Å²) in [5.74, 6) is 0.208. The van der Waals surface area contributed by atoms with Crippen LogP contribution in [0.2, 0.25) is 5.02 Å². The van der Waals surface area contributed by atoms with Gasteiger partial charge in [0.05, 0.1) is 5.75 Å². The molecule has 3 rings (SSSR count). The minimum Gasteiger partial charge on any atom is -0.352 e. The third-order valence-electron chi connectivity index (χ3n) is 5.46. The highest BCUT2D eigenvalue weighted by Crippen LogP contribution is 2.23. The molecule has 0 saturated heterocycles. The van der Waals surface area contributed by atoms with Crippen LogP contribution in [0, 0.1) is 0 Å². The Labute approximate surface area is 188 Å². The number of rotatable bonds is 9. The molecule has 1 aliphatic carbocycles. The Morgan fingerprint density at radius 3 is 2.40 bits per heavy atom. The monoisotopic (exact) mass is 444 g/mol. The maximum absolute atomic E-state index is 13.2.